The summed E-state index contributed by atoms with van der Waals surface area (Å²) in [5, 5.41) is 2.17. The summed E-state index contributed by atoms with van der Waals surface area (Å²) >= 11 is 3.38. The Hall–Kier alpha value is -1.92. The van der Waals surface area contributed by atoms with Gasteiger partial charge in [0, 0.05) is 22.5 Å². The SMILES string of the molecule is C[C@H]1CCc2c(sc3ncnc(SCC(=O)N4CCCc5ccccc54)c23)C1. The van der Waals surface area contributed by atoms with E-state index in [1.165, 1.54) is 27.8 Å². The van der Waals surface area contributed by atoms with Gasteiger partial charge in [0.15, 0.2) is 0 Å². The van der Waals surface area contributed by atoms with E-state index in [0.717, 1.165) is 53.7 Å². The number of fused-ring (bicyclic) bond motifs is 4. The predicted octanol–water partition coefficient (Wildman–Crippen LogP) is 4.89. The largest absolute Gasteiger partial charge is 0.311 e. The van der Waals surface area contributed by atoms with Crippen LogP contribution in [0.4, 0.5) is 5.69 Å². The zero-order valence-electron chi connectivity index (χ0n) is 16.0. The minimum absolute atomic E-state index is 0.168. The number of carbonyl (C=O) groups is 1. The van der Waals surface area contributed by atoms with Crippen molar-refractivity contribution in [1.82, 2.24) is 9.97 Å². The Balaban J connectivity index is 1.39. The molecule has 1 aromatic carbocycles. The lowest BCUT2D eigenvalue weighted by Gasteiger charge is -2.29. The fourth-order valence-corrected chi connectivity index (χ4v) is 6.67. The molecule has 1 aliphatic carbocycles. The summed E-state index contributed by atoms with van der Waals surface area (Å²) in [6.45, 7) is 3.13. The molecule has 2 aliphatic rings. The number of thioether (sulfide) groups is 1. The van der Waals surface area contributed by atoms with Gasteiger partial charge in [-0.25, -0.2) is 9.97 Å². The summed E-state index contributed by atoms with van der Waals surface area (Å²) in [4.78, 5) is 26.6. The first kappa shape index (κ1) is 18.1. The maximum absolute atomic E-state index is 13.0. The van der Waals surface area contributed by atoms with Gasteiger partial charge in [-0.1, -0.05) is 36.9 Å². The number of nitrogens with zero attached hydrogens (tertiary/aromatic N) is 3. The molecule has 1 atom stereocenters. The lowest BCUT2D eigenvalue weighted by atomic mass is 9.89. The van der Waals surface area contributed by atoms with Crippen molar-refractivity contribution in [2.24, 2.45) is 5.92 Å². The number of benzene rings is 1. The Morgan fingerprint density at radius 3 is 3.11 bits per heavy atom. The molecule has 0 saturated carbocycles. The van der Waals surface area contributed by atoms with Crippen LogP contribution in [0.25, 0.3) is 10.2 Å². The summed E-state index contributed by atoms with van der Waals surface area (Å²) in [6.07, 6.45) is 7.20. The molecule has 3 heterocycles. The fraction of sp³-hybridized carbons (Fsp3) is 0.409. The Kier molecular flexibility index (Phi) is 4.85. The van der Waals surface area contributed by atoms with Crippen LogP contribution in [-0.4, -0.2) is 28.2 Å². The zero-order chi connectivity index (χ0) is 19.1. The van der Waals surface area contributed by atoms with Gasteiger partial charge in [-0.3, -0.25) is 4.79 Å². The maximum atomic E-state index is 13.0. The first-order chi connectivity index (χ1) is 13.7. The summed E-state index contributed by atoms with van der Waals surface area (Å²) in [7, 11) is 0. The van der Waals surface area contributed by atoms with Crippen LogP contribution in [0.5, 0.6) is 0 Å². The molecule has 0 fully saturated rings. The van der Waals surface area contributed by atoms with Gasteiger partial charge in [0.25, 0.3) is 0 Å². The minimum Gasteiger partial charge on any atom is -0.311 e. The number of hydrogen-bond donors (Lipinski definition) is 0. The average molecular weight is 410 g/mol. The van der Waals surface area contributed by atoms with Gasteiger partial charge in [-0.15, -0.1) is 11.3 Å². The lowest BCUT2D eigenvalue weighted by molar-refractivity contribution is -0.116. The minimum atomic E-state index is 0.168. The van der Waals surface area contributed by atoms with E-state index in [9.17, 15) is 4.79 Å². The normalized spacial score (nSPS) is 18.8. The molecule has 0 N–H and O–H groups in total. The predicted molar refractivity (Wildman–Crippen MR) is 116 cm³/mol. The summed E-state index contributed by atoms with van der Waals surface area (Å²) in [5.74, 6) is 1.33. The van der Waals surface area contributed by atoms with Crippen LogP contribution in [0.15, 0.2) is 35.6 Å². The van der Waals surface area contributed by atoms with E-state index >= 15 is 0 Å². The van der Waals surface area contributed by atoms with Crippen molar-refractivity contribution < 1.29 is 4.79 Å². The van der Waals surface area contributed by atoms with Crippen LogP contribution in [0.3, 0.4) is 0 Å². The number of hydrogen-bond acceptors (Lipinski definition) is 5. The number of thiophene rings is 1. The van der Waals surface area contributed by atoms with Crippen molar-refractivity contribution in [3.63, 3.8) is 0 Å². The van der Waals surface area contributed by atoms with Crippen LogP contribution < -0.4 is 4.90 Å². The molecule has 1 amide bonds. The highest BCUT2D eigenvalue weighted by atomic mass is 32.2. The molecule has 0 saturated heterocycles. The smallest absolute Gasteiger partial charge is 0.237 e. The molecule has 0 unspecified atom stereocenters. The van der Waals surface area contributed by atoms with Crippen LogP contribution >= 0.6 is 23.1 Å². The fourth-order valence-electron chi connectivity index (χ4n) is 4.36. The number of aryl methyl sites for hydroxylation is 2. The average Bonchev–Trinajstić information content (AvgIpc) is 3.09. The van der Waals surface area contributed by atoms with Crippen molar-refractivity contribution in [2.45, 2.75) is 44.1 Å². The van der Waals surface area contributed by atoms with Gasteiger partial charge in [0.1, 0.15) is 16.2 Å². The maximum Gasteiger partial charge on any atom is 0.237 e. The Bertz CT molecular complexity index is 1050. The molecule has 1 aliphatic heterocycles. The van der Waals surface area contributed by atoms with Crippen LogP contribution in [0, 0.1) is 5.92 Å². The third-order valence-corrected chi connectivity index (χ3v) is 7.94. The van der Waals surface area contributed by atoms with E-state index in [0.29, 0.717) is 5.75 Å². The van der Waals surface area contributed by atoms with Gasteiger partial charge < -0.3 is 4.90 Å². The van der Waals surface area contributed by atoms with Gasteiger partial charge in [-0.2, -0.15) is 0 Å². The molecule has 0 radical (unpaired) electrons. The van der Waals surface area contributed by atoms with Crippen molar-refractivity contribution in [3.8, 4) is 0 Å². The number of amides is 1. The monoisotopic (exact) mass is 409 g/mol. The van der Waals surface area contributed by atoms with Gasteiger partial charge in [0.2, 0.25) is 5.91 Å². The van der Waals surface area contributed by atoms with E-state index < -0.39 is 0 Å². The van der Waals surface area contributed by atoms with Crippen molar-refractivity contribution >= 4 is 44.9 Å². The van der Waals surface area contributed by atoms with E-state index in [2.05, 4.69) is 35.1 Å². The molecule has 3 aromatic rings. The molecule has 4 nitrogen and oxygen atoms in total. The van der Waals surface area contributed by atoms with E-state index in [4.69, 9.17) is 0 Å². The third kappa shape index (κ3) is 3.22. The number of rotatable bonds is 3. The Morgan fingerprint density at radius 2 is 2.18 bits per heavy atom. The van der Waals surface area contributed by atoms with Crippen LogP contribution in [0.2, 0.25) is 0 Å². The number of para-hydroxylation sites is 1. The first-order valence-electron chi connectivity index (χ1n) is 9.97. The molecular weight excluding hydrogens is 386 g/mol. The first-order valence-corrected chi connectivity index (χ1v) is 11.8. The second-order valence-electron chi connectivity index (χ2n) is 7.78. The Morgan fingerprint density at radius 1 is 1.29 bits per heavy atom. The topological polar surface area (TPSA) is 46.1 Å². The summed E-state index contributed by atoms with van der Waals surface area (Å²) in [5.41, 5.74) is 3.78. The molecule has 0 bridgehead atoms. The third-order valence-electron chi connectivity index (χ3n) is 5.80. The van der Waals surface area contributed by atoms with Gasteiger partial charge in [-0.05, 0) is 55.2 Å². The molecule has 2 aromatic heterocycles. The summed E-state index contributed by atoms with van der Waals surface area (Å²) < 4.78 is 0. The van der Waals surface area contributed by atoms with Gasteiger partial charge >= 0.3 is 0 Å². The highest BCUT2D eigenvalue weighted by Gasteiger charge is 2.25. The molecular formula is C22H23N3OS2. The molecule has 0 spiro atoms. The highest BCUT2D eigenvalue weighted by Crippen LogP contribution is 2.40. The quantitative estimate of drug-likeness (QED) is 0.456. The van der Waals surface area contributed by atoms with Crippen molar-refractivity contribution in [2.75, 3.05) is 17.2 Å². The molecule has 6 heteroatoms. The van der Waals surface area contributed by atoms with E-state index in [1.807, 2.05) is 22.3 Å². The highest BCUT2D eigenvalue weighted by molar-refractivity contribution is 8.00. The molecule has 28 heavy (non-hydrogen) atoms. The van der Waals surface area contributed by atoms with Crippen molar-refractivity contribution in [3.05, 3.63) is 46.6 Å². The van der Waals surface area contributed by atoms with E-state index in [-0.39, 0.29) is 5.91 Å². The molecule has 144 valence electrons. The van der Waals surface area contributed by atoms with Crippen LogP contribution in [-0.2, 0) is 24.1 Å². The number of aromatic nitrogens is 2. The number of anilines is 1. The zero-order valence-corrected chi connectivity index (χ0v) is 17.6. The molecule has 5 rings (SSSR count). The van der Waals surface area contributed by atoms with E-state index in [1.54, 1.807) is 18.1 Å². The second kappa shape index (κ2) is 7.48. The second-order valence-corrected chi connectivity index (χ2v) is 9.82. The van der Waals surface area contributed by atoms with Crippen LogP contribution in [0.1, 0.15) is 35.8 Å². The number of carbonyl (C=O) groups excluding carboxylic acids is 1. The standard InChI is InChI=1S/C22H23N3OS2/c1-14-8-9-16-18(11-14)28-22-20(16)21(23-13-24-22)27-12-19(26)25-10-4-6-15-5-2-3-7-17(15)25/h2-3,5,7,13-14H,4,6,8-12H2,1H3/t14-/m0/s1. The van der Waals surface area contributed by atoms with Gasteiger partial charge in [0.05, 0.1) is 5.75 Å². The summed E-state index contributed by atoms with van der Waals surface area (Å²) in [6, 6.07) is 8.27. The Labute approximate surface area is 173 Å². The lowest BCUT2D eigenvalue weighted by Crippen LogP contribution is -2.36. The van der Waals surface area contributed by atoms with Crippen molar-refractivity contribution in [1.29, 1.82) is 0 Å².